The first kappa shape index (κ1) is 18.9. The number of ether oxygens (including phenoxy) is 1. The molecule has 0 N–H and O–H groups in total. The van der Waals surface area contributed by atoms with Crippen molar-refractivity contribution in [1.82, 2.24) is 4.90 Å². The third kappa shape index (κ3) is 8.18. The number of carbonyl (C=O) groups excluding carboxylic acids is 2. The van der Waals surface area contributed by atoms with Gasteiger partial charge in [0.1, 0.15) is 0 Å². The summed E-state index contributed by atoms with van der Waals surface area (Å²) in [7, 11) is 0. The number of nitrogens with zero attached hydrogens (tertiary/aromatic N) is 1. The fourth-order valence-electron chi connectivity index (χ4n) is 1.95. The van der Waals surface area contributed by atoms with E-state index in [0.29, 0.717) is 18.6 Å². The Hall–Kier alpha value is -1.06. The van der Waals surface area contributed by atoms with E-state index in [2.05, 4.69) is 27.7 Å². The second-order valence-corrected chi connectivity index (χ2v) is 7.05. The minimum Gasteiger partial charge on any atom is -0.466 e. The molecule has 4 nitrogen and oxygen atoms in total. The molecule has 20 heavy (non-hydrogen) atoms. The lowest BCUT2D eigenvalue weighted by Gasteiger charge is -2.18. The van der Waals surface area contributed by atoms with E-state index in [4.69, 9.17) is 4.74 Å². The molecule has 2 unspecified atom stereocenters. The van der Waals surface area contributed by atoms with E-state index in [-0.39, 0.29) is 23.7 Å². The molecule has 1 rings (SSSR count). The summed E-state index contributed by atoms with van der Waals surface area (Å²) in [5.74, 6) is 0.101. The Morgan fingerprint density at radius 1 is 1.30 bits per heavy atom. The maximum atomic E-state index is 11.5. The molecular formula is C16H31NO3. The lowest BCUT2D eigenvalue weighted by Crippen LogP contribution is -2.29. The van der Waals surface area contributed by atoms with Crippen LogP contribution in [0.2, 0.25) is 0 Å². The molecule has 1 saturated heterocycles. The molecule has 2 atom stereocenters. The number of hydrogen-bond donors (Lipinski definition) is 0. The zero-order valence-corrected chi connectivity index (χ0v) is 14.2. The van der Waals surface area contributed by atoms with E-state index < -0.39 is 0 Å². The van der Waals surface area contributed by atoms with Crippen molar-refractivity contribution in [3.05, 3.63) is 0 Å². The van der Waals surface area contributed by atoms with Gasteiger partial charge in [0, 0.05) is 20.0 Å². The molecule has 0 spiro atoms. The van der Waals surface area contributed by atoms with E-state index in [1.54, 1.807) is 18.7 Å². The Kier molecular flexibility index (Phi) is 7.84. The lowest BCUT2D eigenvalue weighted by molar-refractivity contribution is -0.149. The molecule has 0 aliphatic carbocycles. The standard InChI is InChI=1S/C11H19NO3.C5H12/c1-4-15-11(14)8(2)10-5-6-12(7-10)9(3)13;1-5(2,3)4/h8,10H,4-7H2,1-3H3;1-4H3. The van der Waals surface area contributed by atoms with Crippen molar-refractivity contribution in [1.29, 1.82) is 0 Å². The molecule has 0 bridgehead atoms. The van der Waals surface area contributed by atoms with Gasteiger partial charge in [0.25, 0.3) is 0 Å². The summed E-state index contributed by atoms with van der Waals surface area (Å²) in [5.41, 5.74) is 0.500. The van der Waals surface area contributed by atoms with Gasteiger partial charge in [0.15, 0.2) is 0 Å². The number of carbonyl (C=O) groups is 2. The SMILES string of the molecule is CC(C)(C)C.CCOC(=O)C(C)C1CCN(C(C)=O)C1. The van der Waals surface area contributed by atoms with Crippen LogP contribution in [0.1, 0.15) is 54.9 Å². The summed E-state index contributed by atoms with van der Waals surface area (Å²) >= 11 is 0. The zero-order chi connectivity index (χ0) is 15.9. The highest BCUT2D eigenvalue weighted by atomic mass is 16.5. The highest BCUT2D eigenvalue weighted by Gasteiger charge is 2.32. The van der Waals surface area contributed by atoms with Crippen LogP contribution in [0, 0.1) is 17.3 Å². The summed E-state index contributed by atoms with van der Waals surface area (Å²) in [6.45, 7) is 15.9. The van der Waals surface area contributed by atoms with Crippen molar-refractivity contribution in [2.75, 3.05) is 19.7 Å². The summed E-state index contributed by atoms with van der Waals surface area (Å²) < 4.78 is 4.97. The van der Waals surface area contributed by atoms with E-state index in [9.17, 15) is 9.59 Å². The molecular weight excluding hydrogens is 254 g/mol. The second kappa shape index (κ2) is 8.28. The summed E-state index contributed by atoms with van der Waals surface area (Å²) in [4.78, 5) is 24.4. The van der Waals surface area contributed by atoms with Crippen LogP contribution in [0.5, 0.6) is 0 Å². The zero-order valence-electron chi connectivity index (χ0n) is 14.2. The van der Waals surface area contributed by atoms with Crippen molar-refractivity contribution in [2.24, 2.45) is 17.3 Å². The van der Waals surface area contributed by atoms with Crippen LogP contribution in [0.4, 0.5) is 0 Å². The maximum Gasteiger partial charge on any atom is 0.308 e. The Morgan fingerprint density at radius 2 is 1.80 bits per heavy atom. The molecule has 0 radical (unpaired) electrons. The average Bonchev–Trinajstić information content (AvgIpc) is 2.75. The largest absolute Gasteiger partial charge is 0.466 e. The maximum absolute atomic E-state index is 11.5. The molecule has 1 fully saturated rings. The lowest BCUT2D eigenvalue weighted by atomic mass is 9.93. The van der Waals surface area contributed by atoms with Crippen LogP contribution in [0.3, 0.4) is 0 Å². The predicted octanol–water partition coefficient (Wildman–Crippen LogP) is 3.11. The number of rotatable bonds is 3. The van der Waals surface area contributed by atoms with Crippen molar-refractivity contribution in [2.45, 2.75) is 54.9 Å². The molecule has 0 aromatic rings. The van der Waals surface area contributed by atoms with E-state index in [0.717, 1.165) is 13.0 Å². The minimum atomic E-state index is -0.145. The Labute approximate surface area is 123 Å². The normalized spacial score (nSPS) is 19.9. The number of likely N-dealkylation sites (tertiary alicyclic amines) is 1. The van der Waals surface area contributed by atoms with Crippen LogP contribution in [0.25, 0.3) is 0 Å². The molecule has 0 aromatic carbocycles. The van der Waals surface area contributed by atoms with E-state index in [1.165, 1.54) is 0 Å². The van der Waals surface area contributed by atoms with Gasteiger partial charge < -0.3 is 9.64 Å². The molecule has 1 aliphatic heterocycles. The highest BCUT2D eigenvalue weighted by molar-refractivity contribution is 5.75. The molecule has 1 amide bonds. The quantitative estimate of drug-likeness (QED) is 0.749. The molecule has 0 saturated carbocycles. The molecule has 118 valence electrons. The first-order valence-corrected chi connectivity index (χ1v) is 7.48. The third-order valence-electron chi connectivity index (χ3n) is 3.04. The van der Waals surface area contributed by atoms with Crippen molar-refractivity contribution in [3.63, 3.8) is 0 Å². The van der Waals surface area contributed by atoms with Crippen molar-refractivity contribution in [3.8, 4) is 0 Å². The van der Waals surface area contributed by atoms with Gasteiger partial charge in [-0.1, -0.05) is 34.6 Å². The number of hydrogen-bond acceptors (Lipinski definition) is 3. The topological polar surface area (TPSA) is 46.6 Å². The van der Waals surface area contributed by atoms with Crippen LogP contribution in [-0.4, -0.2) is 36.5 Å². The fraction of sp³-hybridized carbons (Fsp3) is 0.875. The summed E-state index contributed by atoms with van der Waals surface area (Å²) in [6.07, 6.45) is 0.902. The Bertz CT molecular complexity index is 314. The van der Waals surface area contributed by atoms with Crippen LogP contribution in [0.15, 0.2) is 0 Å². The van der Waals surface area contributed by atoms with E-state index >= 15 is 0 Å². The number of amides is 1. The van der Waals surface area contributed by atoms with Crippen LogP contribution in [-0.2, 0) is 14.3 Å². The Morgan fingerprint density at radius 3 is 2.15 bits per heavy atom. The Balaban J connectivity index is 0.000000621. The van der Waals surface area contributed by atoms with Gasteiger partial charge in [-0.15, -0.1) is 0 Å². The number of esters is 1. The summed E-state index contributed by atoms with van der Waals surface area (Å²) in [5, 5.41) is 0. The van der Waals surface area contributed by atoms with Crippen LogP contribution >= 0.6 is 0 Å². The first-order chi connectivity index (χ1) is 9.06. The van der Waals surface area contributed by atoms with Crippen molar-refractivity contribution < 1.29 is 14.3 Å². The van der Waals surface area contributed by atoms with Crippen LogP contribution < -0.4 is 0 Å². The first-order valence-electron chi connectivity index (χ1n) is 7.48. The third-order valence-corrected chi connectivity index (χ3v) is 3.04. The van der Waals surface area contributed by atoms with Gasteiger partial charge in [-0.2, -0.15) is 0 Å². The molecule has 1 heterocycles. The van der Waals surface area contributed by atoms with E-state index in [1.807, 2.05) is 6.92 Å². The molecule has 0 aromatic heterocycles. The summed E-state index contributed by atoms with van der Waals surface area (Å²) in [6, 6.07) is 0. The highest BCUT2D eigenvalue weighted by Crippen LogP contribution is 2.24. The minimum absolute atomic E-state index is 0.0913. The fourth-order valence-corrected chi connectivity index (χ4v) is 1.95. The predicted molar refractivity (Wildman–Crippen MR) is 81.3 cm³/mol. The monoisotopic (exact) mass is 285 g/mol. The molecule has 4 heteroatoms. The van der Waals surface area contributed by atoms with Gasteiger partial charge in [-0.3, -0.25) is 9.59 Å². The van der Waals surface area contributed by atoms with Gasteiger partial charge in [0.2, 0.25) is 5.91 Å². The average molecular weight is 285 g/mol. The second-order valence-electron chi connectivity index (χ2n) is 7.05. The van der Waals surface area contributed by atoms with Crippen molar-refractivity contribution >= 4 is 11.9 Å². The molecule has 1 aliphatic rings. The smallest absolute Gasteiger partial charge is 0.308 e. The van der Waals surface area contributed by atoms with Gasteiger partial charge in [0.05, 0.1) is 12.5 Å². The van der Waals surface area contributed by atoms with Gasteiger partial charge in [-0.05, 0) is 24.7 Å². The van der Waals surface area contributed by atoms with Gasteiger partial charge in [-0.25, -0.2) is 0 Å². The van der Waals surface area contributed by atoms with Gasteiger partial charge >= 0.3 is 5.97 Å².